The van der Waals surface area contributed by atoms with Crippen molar-refractivity contribution in [3.05, 3.63) is 35.4 Å². The Morgan fingerprint density at radius 1 is 1.46 bits per heavy atom. The average molecular weight is 198 g/mol. The first kappa shape index (κ1) is 10.2. The molecule has 0 saturated carbocycles. The highest BCUT2D eigenvalue weighted by Crippen LogP contribution is 2.10. The Morgan fingerprint density at radius 3 is 2.77 bits per heavy atom. The van der Waals surface area contributed by atoms with Crippen LogP contribution in [0.25, 0.3) is 0 Å². The number of benzene rings is 1. The van der Waals surface area contributed by atoms with Gasteiger partial charge in [0.15, 0.2) is 0 Å². The van der Waals surface area contributed by atoms with E-state index in [1.165, 1.54) is 0 Å². The fourth-order valence-corrected chi connectivity index (χ4v) is 1.14. The Hall–Kier alpha value is -0.920. The van der Waals surface area contributed by atoms with Crippen LogP contribution in [0.2, 0.25) is 0 Å². The minimum atomic E-state index is -0.914. The van der Waals surface area contributed by atoms with Crippen molar-refractivity contribution in [3.63, 3.8) is 0 Å². The van der Waals surface area contributed by atoms with E-state index in [0.29, 0.717) is 24.1 Å². The van der Waals surface area contributed by atoms with Crippen LogP contribution in [0.5, 0.6) is 0 Å². The lowest BCUT2D eigenvalue weighted by Gasteiger charge is -2.04. The summed E-state index contributed by atoms with van der Waals surface area (Å²) in [7, 11) is 2.42. The highest BCUT2D eigenvalue weighted by atomic mass is 31.0. The summed E-state index contributed by atoms with van der Waals surface area (Å²) in [6, 6.07) is 6.83. The molecule has 1 aromatic carbocycles. The molecule has 1 atom stereocenters. The molecule has 1 rings (SSSR count). The second-order valence-corrected chi connectivity index (χ2v) is 2.81. The van der Waals surface area contributed by atoms with E-state index >= 15 is 0 Å². The molecule has 0 spiro atoms. The van der Waals surface area contributed by atoms with Gasteiger partial charge in [0.05, 0.1) is 18.5 Å². The molecule has 1 unspecified atom stereocenters. The molecule has 0 bridgehead atoms. The molecular formula is C9H11O3P. The minimum absolute atomic E-state index is 0.306. The van der Waals surface area contributed by atoms with Crippen molar-refractivity contribution < 1.29 is 14.6 Å². The Labute approximate surface area is 78.9 Å². The largest absolute Gasteiger partial charge is 0.478 e. The average Bonchev–Trinajstić information content (AvgIpc) is 2.15. The molecule has 0 amide bonds. The number of carboxylic acids is 1. The smallest absolute Gasteiger partial charge is 0.336 e. The Bertz CT molecular complexity index is 299. The summed E-state index contributed by atoms with van der Waals surface area (Å²) in [5.41, 5.74) is 1.01. The zero-order chi connectivity index (χ0) is 9.68. The van der Waals surface area contributed by atoms with Gasteiger partial charge >= 0.3 is 5.97 Å². The van der Waals surface area contributed by atoms with Crippen LogP contribution in [0.1, 0.15) is 15.9 Å². The van der Waals surface area contributed by atoms with Gasteiger partial charge < -0.3 is 9.84 Å². The van der Waals surface area contributed by atoms with Crippen molar-refractivity contribution in [2.45, 2.75) is 6.61 Å². The molecule has 0 fully saturated rings. The SMILES string of the molecule is O=C(O)c1ccccc1COCP. The molecule has 3 nitrogen and oxygen atoms in total. The molecule has 13 heavy (non-hydrogen) atoms. The van der Waals surface area contributed by atoms with Crippen LogP contribution < -0.4 is 0 Å². The number of carboxylic acid groups (broad SMARTS) is 1. The predicted octanol–water partition coefficient (Wildman–Crippen LogP) is 1.73. The van der Waals surface area contributed by atoms with Gasteiger partial charge in [-0.15, -0.1) is 9.24 Å². The lowest BCUT2D eigenvalue weighted by Crippen LogP contribution is -2.03. The first-order valence-corrected chi connectivity index (χ1v) is 4.66. The third-order valence-electron chi connectivity index (χ3n) is 1.62. The Kier molecular flexibility index (Phi) is 3.87. The van der Waals surface area contributed by atoms with Gasteiger partial charge in [0, 0.05) is 0 Å². The summed E-state index contributed by atoms with van der Waals surface area (Å²) in [5, 5.41) is 8.80. The van der Waals surface area contributed by atoms with Gasteiger partial charge in [-0.05, 0) is 11.6 Å². The van der Waals surface area contributed by atoms with Crippen molar-refractivity contribution in [1.82, 2.24) is 0 Å². The molecule has 4 heteroatoms. The van der Waals surface area contributed by atoms with E-state index in [4.69, 9.17) is 9.84 Å². The normalized spacial score (nSPS) is 9.92. The van der Waals surface area contributed by atoms with Gasteiger partial charge in [0.1, 0.15) is 0 Å². The van der Waals surface area contributed by atoms with E-state index in [1.54, 1.807) is 24.3 Å². The van der Waals surface area contributed by atoms with Crippen LogP contribution in [0.15, 0.2) is 24.3 Å². The number of ether oxygens (including phenoxy) is 1. The van der Waals surface area contributed by atoms with E-state index in [2.05, 4.69) is 9.24 Å². The maximum Gasteiger partial charge on any atom is 0.336 e. The molecule has 0 saturated heterocycles. The van der Waals surface area contributed by atoms with Crippen molar-refractivity contribution in [2.24, 2.45) is 0 Å². The standard InChI is InChI=1S/C9H11O3P/c10-9(11)8-4-2-1-3-7(8)5-12-6-13/h1-4H,5-6,13H2,(H,10,11). The number of hydrogen-bond donors (Lipinski definition) is 1. The van der Waals surface area contributed by atoms with Gasteiger partial charge in [0.25, 0.3) is 0 Å². The third kappa shape index (κ3) is 2.79. The van der Waals surface area contributed by atoms with Gasteiger partial charge in [-0.1, -0.05) is 18.2 Å². The lowest BCUT2D eigenvalue weighted by atomic mass is 10.1. The summed E-state index contributed by atoms with van der Waals surface area (Å²) in [4.78, 5) is 10.7. The Balaban J connectivity index is 2.84. The van der Waals surface area contributed by atoms with Crippen LogP contribution in [0.4, 0.5) is 0 Å². The number of rotatable bonds is 4. The summed E-state index contributed by atoms with van der Waals surface area (Å²) in [6.45, 7) is 0.339. The first-order valence-electron chi connectivity index (χ1n) is 3.84. The molecule has 70 valence electrons. The molecule has 0 aliphatic heterocycles. The fraction of sp³-hybridized carbons (Fsp3) is 0.222. The maximum absolute atomic E-state index is 10.7. The van der Waals surface area contributed by atoms with Crippen LogP contribution in [0.3, 0.4) is 0 Å². The number of hydrogen-bond acceptors (Lipinski definition) is 2. The van der Waals surface area contributed by atoms with Crippen LogP contribution >= 0.6 is 9.24 Å². The third-order valence-corrected chi connectivity index (χ3v) is 1.86. The summed E-state index contributed by atoms with van der Waals surface area (Å²) in [5.74, 6) is -0.914. The highest BCUT2D eigenvalue weighted by molar-refractivity contribution is 7.16. The van der Waals surface area contributed by atoms with Gasteiger partial charge in [-0.3, -0.25) is 0 Å². The van der Waals surface area contributed by atoms with Crippen molar-refractivity contribution in [1.29, 1.82) is 0 Å². The number of aromatic carboxylic acids is 1. The topological polar surface area (TPSA) is 46.5 Å². The zero-order valence-electron chi connectivity index (χ0n) is 7.06. The second kappa shape index (κ2) is 4.95. The molecule has 0 aromatic heterocycles. The predicted molar refractivity (Wildman–Crippen MR) is 52.8 cm³/mol. The van der Waals surface area contributed by atoms with Crippen LogP contribution in [-0.2, 0) is 11.3 Å². The lowest BCUT2D eigenvalue weighted by molar-refractivity contribution is 0.0691. The first-order chi connectivity index (χ1) is 6.25. The van der Waals surface area contributed by atoms with E-state index in [9.17, 15) is 4.79 Å². The van der Waals surface area contributed by atoms with Crippen LogP contribution in [0, 0.1) is 0 Å². The van der Waals surface area contributed by atoms with Crippen LogP contribution in [-0.4, -0.2) is 17.4 Å². The van der Waals surface area contributed by atoms with E-state index in [0.717, 1.165) is 0 Å². The Morgan fingerprint density at radius 2 is 2.15 bits per heavy atom. The molecule has 1 aromatic rings. The fourth-order valence-electron chi connectivity index (χ4n) is 1.02. The molecule has 1 N–H and O–H groups in total. The van der Waals surface area contributed by atoms with Gasteiger partial charge in [-0.25, -0.2) is 4.79 Å². The van der Waals surface area contributed by atoms with E-state index in [1.807, 2.05) is 0 Å². The van der Waals surface area contributed by atoms with Crippen molar-refractivity contribution in [2.75, 3.05) is 6.35 Å². The summed E-state index contributed by atoms with van der Waals surface area (Å²) in [6.07, 6.45) is 0.508. The summed E-state index contributed by atoms with van der Waals surface area (Å²) >= 11 is 0. The molecule has 0 aliphatic rings. The molecular weight excluding hydrogens is 187 g/mol. The van der Waals surface area contributed by atoms with Crippen molar-refractivity contribution >= 4 is 15.2 Å². The minimum Gasteiger partial charge on any atom is -0.478 e. The van der Waals surface area contributed by atoms with Gasteiger partial charge in [0.2, 0.25) is 0 Å². The monoisotopic (exact) mass is 198 g/mol. The highest BCUT2D eigenvalue weighted by Gasteiger charge is 2.07. The maximum atomic E-state index is 10.7. The quantitative estimate of drug-likeness (QED) is 0.749. The molecule has 0 radical (unpaired) electrons. The number of carbonyl (C=O) groups is 1. The van der Waals surface area contributed by atoms with E-state index < -0.39 is 5.97 Å². The second-order valence-electron chi connectivity index (χ2n) is 2.48. The molecule has 0 aliphatic carbocycles. The van der Waals surface area contributed by atoms with Crippen molar-refractivity contribution in [3.8, 4) is 0 Å². The summed E-state index contributed by atoms with van der Waals surface area (Å²) < 4.78 is 5.11. The zero-order valence-corrected chi connectivity index (χ0v) is 8.22. The van der Waals surface area contributed by atoms with Gasteiger partial charge in [-0.2, -0.15) is 0 Å². The molecule has 0 heterocycles. The van der Waals surface area contributed by atoms with E-state index in [-0.39, 0.29) is 0 Å².